The van der Waals surface area contributed by atoms with Crippen molar-refractivity contribution in [1.29, 1.82) is 0 Å². The highest BCUT2D eigenvalue weighted by atomic mass is 15.3. The summed E-state index contributed by atoms with van der Waals surface area (Å²) in [5, 5.41) is 8.01. The van der Waals surface area contributed by atoms with E-state index in [9.17, 15) is 0 Å². The van der Waals surface area contributed by atoms with Gasteiger partial charge in [-0.3, -0.25) is 4.68 Å². The molecule has 2 rings (SSSR count). The van der Waals surface area contributed by atoms with Crippen LogP contribution in [-0.2, 0) is 13.0 Å². The molecule has 1 unspecified atom stereocenters. The summed E-state index contributed by atoms with van der Waals surface area (Å²) >= 11 is 0. The van der Waals surface area contributed by atoms with Gasteiger partial charge in [0.1, 0.15) is 0 Å². The number of rotatable bonds is 8. The molecule has 0 amide bonds. The van der Waals surface area contributed by atoms with Crippen molar-refractivity contribution in [2.75, 3.05) is 6.54 Å². The van der Waals surface area contributed by atoms with Gasteiger partial charge in [0.2, 0.25) is 0 Å². The molecule has 1 aromatic heterocycles. The van der Waals surface area contributed by atoms with Crippen LogP contribution in [0.3, 0.4) is 0 Å². The predicted molar refractivity (Wildman–Crippen MR) is 71.0 cm³/mol. The lowest BCUT2D eigenvalue weighted by atomic mass is 9.96. The Hall–Kier alpha value is -0.830. The van der Waals surface area contributed by atoms with Gasteiger partial charge in [0.05, 0.1) is 6.20 Å². The monoisotopic (exact) mass is 235 g/mol. The molecule has 1 aromatic rings. The number of hydrogen-bond acceptors (Lipinski definition) is 2. The van der Waals surface area contributed by atoms with E-state index in [2.05, 4.69) is 30.5 Å². The first-order valence-electron chi connectivity index (χ1n) is 7.06. The highest BCUT2D eigenvalue weighted by Crippen LogP contribution is 2.20. The van der Waals surface area contributed by atoms with E-state index in [-0.39, 0.29) is 0 Å². The van der Waals surface area contributed by atoms with E-state index in [1.807, 2.05) is 10.9 Å². The largest absolute Gasteiger partial charge is 0.314 e. The quantitative estimate of drug-likeness (QED) is 0.750. The average Bonchev–Trinajstić information content (AvgIpc) is 3.05. The summed E-state index contributed by atoms with van der Waals surface area (Å²) in [4.78, 5) is 0. The van der Waals surface area contributed by atoms with E-state index in [1.54, 1.807) is 0 Å². The molecule has 0 saturated heterocycles. The Morgan fingerprint density at radius 3 is 2.88 bits per heavy atom. The molecule has 3 nitrogen and oxygen atoms in total. The molecule has 0 aliphatic heterocycles. The first-order chi connectivity index (χ1) is 8.31. The fraction of sp³-hybridized carbons (Fsp3) is 0.786. The summed E-state index contributed by atoms with van der Waals surface area (Å²) < 4.78 is 2.02. The topological polar surface area (TPSA) is 29.9 Å². The minimum absolute atomic E-state index is 0.773. The van der Waals surface area contributed by atoms with Crippen LogP contribution in [0.25, 0.3) is 0 Å². The maximum atomic E-state index is 4.35. The molecule has 0 bridgehead atoms. The summed E-state index contributed by atoms with van der Waals surface area (Å²) in [7, 11) is 0. The van der Waals surface area contributed by atoms with E-state index < -0.39 is 0 Å². The van der Waals surface area contributed by atoms with E-state index in [0.29, 0.717) is 0 Å². The summed E-state index contributed by atoms with van der Waals surface area (Å²) in [5.41, 5.74) is 1.39. The van der Waals surface area contributed by atoms with Crippen molar-refractivity contribution >= 4 is 0 Å². The molecule has 1 heterocycles. The van der Waals surface area contributed by atoms with E-state index in [1.165, 1.54) is 44.2 Å². The average molecular weight is 235 g/mol. The molecule has 3 heteroatoms. The first kappa shape index (κ1) is 12.6. The van der Waals surface area contributed by atoms with Crippen LogP contribution in [0.2, 0.25) is 0 Å². The van der Waals surface area contributed by atoms with Crippen LogP contribution in [0.4, 0.5) is 0 Å². The zero-order chi connectivity index (χ0) is 12.1. The number of nitrogens with one attached hydrogen (secondary N) is 1. The van der Waals surface area contributed by atoms with Crippen molar-refractivity contribution in [3.63, 3.8) is 0 Å². The van der Waals surface area contributed by atoms with Crippen LogP contribution in [0.5, 0.6) is 0 Å². The third-order valence-corrected chi connectivity index (χ3v) is 3.50. The molecule has 1 saturated carbocycles. The first-order valence-corrected chi connectivity index (χ1v) is 7.06. The summed E-state index contributed by atoms with van der Waals surface area (Å²) in [6, 6.07) is 0.827. The molecule has 1 aliphatic rings. The Balaban J connectivity index is 1.81. The Morgan fingerprint density at radius 2 is 2.29 bits per heavy atom. The van der Waals surface area contributed by atoms with E-state index in [4.69, 9.17) is 0 Å². The van der Waals surface area contributed by atoms with Gasteiger partial charge in [-0.25, -0.2) is 0 Å². The van der Waals surface area contributed by atoms with Gasteiger partial charge in [-0.2, -0.15) is 5.10 Å². The van der Waals surface area contributed by atoms with Crippen molar-refractivity contribution in [2.45, 2.75) is 58.5 Å². The number of nitrogens with zero attached hydrogens (tertiary/aromatic N) is 2. The molecule has 0 radical (unpaired) electrons. The Morgan fingerprint density at radius 1 is 1.47 bits per heavy atom. The lowest BCUT2D eigenvalue weighted by molar-refractivity contribution is 0.437. The predicted octanol–water partition coefficient (Wildman–Crippen LogP) is 2.61. The van der Waals surface area contributed by atoms with Crippen molar-refractivity contribution in [3.8, 4) is 0 Å². The molecule has 1 aliphatic carbocycles. The van der Waals surface area contributed by atoms with Gasteiger partial charge in [-0.1, -0.05) is 13.3 Å². The third-order valence-electron chi connectivity index (χ3n) is 3.50. The zero-order valence-corrected chi connectivity index (χ0v) is 11.2. The molecular weight excluding hydrogens is 210 g/mol. The molecule has 1 N–H and O–H groups in total. The molecule has 96 valence electrons. The fourth-order valence-electron chi connectivity index (χ4n) is 2.32. The van der Waals surface area contributed by atoms with E-state index in [0.717, 1.165) is 18.5 Å². The third kappa shape index (κ3) is 4.15. The maximum Gasteiger partial charge on any atom is 0.0521 e. The lowest BCUT2D eigenvalue weighted by Gasteiger charge is -2.15. The molecule has 1 fully saturated rings. The molecule has 17 heavy (non-hydrogen) atoms. The molecule has 1 atom stereocenters. The van der Waals surface area contributed by atoms with Gasteiger partial charge in [0, 0.05) is 18.8 Å². The minimum Gasteiger partial charge on any atom is -0.314 e. The Bertz CT molecular complexity index is 328. The zero-order valence-electron chi connectivity index (χ0n) is 11.2. The van der Waals surface area contributed by atoms with Crippen molar-refractivity contribution in [2.24, 2.45) is 5.92 Å². The lowest BCUT2D eigenvalue weighted by Crippen LogP contribution is -2.26. The van der Waals surface area contributed by atoms with Gasteiger partial charge in [0.25, 0.3) is 0 Å². The smallest absolute Gasteiger partial charge is 0.0521 e. The number of aromatic nitrogens is 2. The van der Waals surface area contributed by atoms with Gasteiger partial charge < -0.3 is 5.32 Å². The fourth-order valence-corrected chi connectivity index (χ4v) is 2.32. The summed E-state index contributed by atoms with van der Waals surface area (Å²) in [6.07, 6.45) is 10.8. The van der Waals surface area contributed by atoms with Crippen molar-refractivity contribution < 1.29 is 0 Å². The van der Waals surface area contributed by atoms with Crippen molar-refractivity contribution in [3.05, 3.63) is 18.0 Å². The molecule has 0 spiro atoms. The van der Waals surface area contributed by atoms with Crippen LogP contribution >= 0.6 is 0 Å². The molecular formula is C14H25N3. The second-order valence-electron chi connectivity index (χ2n) is 5.25. The Labute approximate surface area is 105 Å². The summed E-state index contributed by atoms with van der Waals surface area (Å²) in [5.74, 6) is 0.773. The van der Waals surface area contributed by atoms with Gasteiger partial charge >= 0.3 is 0 Å². The Kier molecular flexibility index (Phi) is 4.60. The van der Waals surface area contributed by atoms with Crippen LogP contribution in [0.15, 0.2) is 12.4 Å². The standard InChI is InChI=1S/C14H25N3/c1-3-5-12(9-15-14-6-7-14)8-13-10-16-17(4-2)11-13/h10-12,14-15H,3-9H2,1-2H3. The highest BCUT2D eigenvalue weighted by molar-refractivity contribution is 5.05. The second-order valence-corrected chi connectivity index (χ2v) is 5.25. The molecule has 0 aromatic carbocycles. The normalized spacial score (nSPS) is 17.3. The number of hydrogen-bond donors (Lipinski definition) is 1. The van der Waals surface area contributed by atoms with Gasteiger partial charge in [-0.15, -0.1) is 0 Å². The van der Waals surface area contributed by atoms with Gasteiger partial charge in [-0.05, 0) is 50.6 Å². The van der Waals surface area contributed by atoms with Crippen molar-refractivity contribution in [1.82, 2.24) is 15.1 Å². The number of aryl methyl sites for hydroxylation is 1. The maximum absolute atomic E-state index is 4.35. The highest BCUT2D eigenvalue weighted by Gasteiger charge is 2.21. The minimum atomic E-state index is 0.773. The van der Waals surface area contributed by atoms with Crippen LogP contribution in [0.1, 0.15) is 45.1 Å². The summed E-state index contributed by atoms with van der Waals surface area (Å²) in [6.45, 7) is 6.56. The second kappa shape index (κ2) is 6.20. The van der Waals surface area contributed by atoms with Crippen LogP contribution in [-0.4, -0.2) is 22.4 Å². The van der Waals surface area contributed by atoms with Crippen LogP contribution < -0.4 is 5.32 Å². The van der Waals surface area contributed by atoms with Gasteiger partial charge in [0.15, 0.2) is 0 Å². The SMILES string of the molecule is CCCC(CNC1CC1)Cc1cnn(CC)c1. The van der Waals surface area contributed by atoms with Crippen LogP contribution in [0, 0.1) is 5.92 Å². The van der Waals surface area contributed by atoms with E-state index >= 15 is 0 Å².